The topological polar surface area (TPSA) is 24.4 Å². The van der Waals surface area contributed by atoms with Crippen molar-refractivity contribution in [1.29, 1.82) is 0 Å². The van der Waals surface area contributed by atoms with Gasteiger partial charge in [0, 0.05) is 25.5 Å². The first-order valence-corrected chi connectivity index (χ1v) is 3.51. The van der Waals surface area contributed by atoms with Gasteiger partial charge in [0.15, 0.2) is 0 Å². The number of nitrogens with zero attached hydrogens (tertiary/aromatic N) is 1. The first-order chi connectivity index (χ1) is 4.66. The minimum Gasteiger partial charge on any atom is -0.388 e. The Kier molecular flexibility index (Phi) is 4.63. The summed E-state index contributed by atoms with van der Waals surface area (Å²) < 4.78 is 0. The highest BCUT2D eigenvalue weighted by Crippen LogP contribution is 1.85. The van der Waals surface area contributed by atoms with Gasteiger partial charge in [-0.15, -0.1) is 0 Å². The first-order valence-electron chi connectivity index (χ1n) is 3.51. The van der Waals surface area contributed by atoms with Gasteiger partial charge in [-0.05, 0) is 26.3 Å². The van der Waals surface area contributed by atoms with Crippen LogP contribution in [0.25, 0.3) is 0 Å². The van der Waals surface area contributed by atoms with Gasteiger partial charge in [-0.25, -0.2) is 0 Å². The lowest BCUT2D eigenvalue weighted by Gasteiger charge is -2.03. The van der Waals surface area contributed by atoms with Gasteiger partial charge < -0.3 is 5.32 Å². The summed E-state index contributed by atoms with van der Waals surface area (Å²) >= 11 is 0. The number of aliphatic imine (C=N–C) groups is 1. The second-order valence-electron chi connectivity index (χ2n) is 2.60. The van der Waals surface area contributed by atoms with Gasteiger partial charge in [0.05, 0.1) is 0 Å². The fourth-order valence-corrected chi connectivity index (χ4v) is 0.539. The molecule has 0 aliphatic carbocycles. The lowest BCUT2D eigenvalue weighted by molar-refractivity contribution is 0.700. The number of hydrogen-bond donors (Lipinski definition) is 1. The predicted octanol–water partition coefficient (Wildman–Crippen LogP) is 1.59. The number of rotatable bonds is 3. The third-order valence-electron chi connectivity index (χ3n) is 0.977. The van der Waals surface area contributed by atoms with Gasteiger partial charge in [-0.3, -0.25) is 4.99 Å². The predicted molar refractivity (Wildman–Crippen MR) is 46.4 cm³/mol. The number of hydrogen-bond acceptors (Lipinski definition) is 2. The van der Waals surface area contributed by atoms with Crippen LogP contribution in [0.5, 0.6) is 0 Å². The van der Waals surface area contributed by atoms with Gasteiger partial charge in [-0.1, -0.05) is 0 Å². The summed E-state index contributed by atoms with van der Waals surface area (Å²) in [6.07, 6.45) is 3.80. The Morgan fingerprint density at radius 3 is 2.50 bits per heavy atom. The zero-order valence-electron chi connectivity index (χ0n) is 7.18. The molecule has 58 valence electrons. The summed E-state index contributed by atoms with van der Waals surface area (Å²) in [5, 5.41) is 3.18. The van der Waals surface area contributed by atoms with Crippen molar-refractivity contribution in [3.63, 3.8) is 0 Å². The van der Waals surface area contributed by atoms with Crippen molar-refractivity contribution < 1.29 is 0 Å². The Labute approximate surface area is 63.0 Å². The molecule has 1 N–H and O–H groups in total. The molecule has 2 nitrogen and oxygen atoms in total. The van der Waals surface area contributed by atoms with Crippen LogP contribution in [-0.4, -0.2) is 19.3 Å². The molecule has 10 heavy (non-hydrogen) atoms. The van der Waals surface area contributed by atoms with Crippen molar-refractivity contribution in [2.24, 2.45) is 4.99 Å². The molecule has 0 fully saturated rings. The second-order valence-corrected chi connectivity index (χ2v) is 2.60. The molecule has 0 saturated carbocycles. The summed E-state index contributed by atoms with van der Waals surface area (Å²) in [6.45, 7) is 6.22. The Hall–Kier alpha value is -0.790. The molecule has 0 unspecified atom stereocenters. The maximum atomic E-state index is 3.88. The third kappa shape index (κ3) is 5.35. The largest absolute Gasteiger partial charge is 0.388 e. The highest BCUT2D eigenvalue weighted by molar-refractivity contribution is 5.77. The molecule has 0 rings (SSSR count). The summed E-state index contributed by atoms with van der Waals surface area (Å²) in [5.74, 6) is 0. The molecule has 0 aromatic carbocycles. The number of nitrogens with one attached hydrogen (secondary N) is 1. The van der Waals surface area contributed by atoms with Crippen LogP contribution in [0.1, 0.15) is 20.8 Å². The smallest absolute Gasteiger partial charge is 0.0277 e. The van der Waals surface area contributed by atoms with Crippen molar-refractivity contribution in [3.8, 4) is 0 Å². The molecule has 0 aromatic heterocycles. The van der Waals surface area contributed by atoms with E-state index in [9.17, 15) is 0 Å². The van der Waals surface area contributed by atoms with E-state index in [0.717, 1.165) is 5.57 Å². The van der Waals surface area contributed by atoms with Crippen molar-refractivity contribution in [3.05, 3.63) is 11.8 Å². The monoisotopic (exact) mass is 140 g/mol. The zero-order valence-corrected chi connectivity index (χ0v) is 7.18. The van der Waals surface area contributed by atoms with Crippen LogP contribution >= 0.6 is 0 Å². The molecule has 0 spiro atoms. The summed E-state index contributed by atoms with van der Waals surface area (Å²) in [5.41, 5.74) is 1.15. The molecule has 0 radical (unpaired) electrons. The van der Waals surface area contributed by atoms with E-state index >= 15 is 0 Å². The second kappa shape index (κ2) is 5.03. The molecule has 0 amide bonds. The van der Waals surface area contributed by atoms with Crippen LogP contribution in [-0.2, 0) is 0 Å². The standard InChI is InChI=1S/C8H16N2/c1-7(2)10-6-8(3)5-9-4/h5-7,10H,1-4H3/b8-6-,9-5?. The Bertz CT molecular complexity index is 134. The average molecular weight is 140 g/mol. The lowest BCUT2D eigenvalue weighted by Crippen LogP contribution is -2.16. The molecule has 0 aliphatic heterocycles. The zero-order chi connectivity index (χ0) is 7.98. The average Bonchev–Trinajstić information content (AvgIpc) is 1.85. The highest BCUT2D eigenvalue weighted by atomic mass is 14.9. The lowest BCUT2D eigenvalue weighted by atomic mass is 10.3. The number of allylic oxidation sites excluding steroid dienone is 1. The normalized spacial score (nSPS) is 13.1. The van der Waals surface area contributed by atoms with Gasteiger partial charge in [-0.2, -0.15) is 0 Å². The summed E-state index contributed by atoms with van der Waals surface area (Å²) in [6, 6.07) is 0.500. The van der Waals surface area contributed by atoms with E-state index in [4.69, 9.17) is 0 Å². The van der Waals surface area contributed by atoms with Crippen LogP contribution in [0.15, 0.2) is 16.8 Å². The van der Waals surface area contributed by atoms with Gasteiger partial charge in [0.25, 0.3) is 0 Å². The van der Waals surface area contributed by atoms with Crippen molar-refractivity contribution >= 4 is 6.21 Å². The Balaban J connectivity index is 3.68. The van der Waals surface area contributed by atoms with Crippen LogP contribution in [0.2, 0.25) is 0 Å². The van der Waals surface area contributed by atoms with E-state index in [1.165, 1.54) is 0 Å². The summed E-state index contributed by atoms with van der Waals surface area (Å²) in [4.78, 5) is 3.88. The van der Waals surface area contributed by atoms with Crippen molar-refractivity contribution in [1.82, 2.24) is 5.32 Å². The van der Waals surface area contributed by atoms with E-state index in [0.29, 0.717) is 6.04 Å². The molecular weight excluding hydrogens is 124 g/mol. The van der Waals surface area contributed by atoms with Crippen LogP contribution < -0.4 is 5.32 Å². The minimum absolute atomic E-state index is 0.500. The third-order valence-corrected chi connectivity index (χ3v) is 0.977. The quantitative estimate of drug-likeness (QED) is 0.591. The van der Waals surface area contributed by atoms with Crippen molar-refractivity contribution in [2.45, 2.75) is 26.8 Å². The molecule has 0 saturated heterocycles. The molecule has 0 atom stereocenters. The maximum Gasteiger partial charge on any atom is 0.0277 e. The fraction of sp³-hybridized carbons (Fsp3) is 0.625. The van der Waals surface area contributed by atoms with Gasteiger partial charge in [0.1, 0.15) is 0 Å². The Morgan fingerprint density at radius 2 is 2.10 bits per heavy atom. The molecule has 0 aromatic rings. The molecule has 0 heterocycles. The van der Waals surface area contributed by atoms with E-state index in [1.54, 1.807) is 7.05 Å². The van der Waals surface area contributed by atoms with E-state index < -0.39 is 0 Å². The SMILES string of the molecule is CN=C/C(C)=C\NC(C)C. The van der Waals surface area contributed by atoms with Crippen LogP contribution in [0.3, 0.4) is 0 Å². The molecule has 2 heteroatoms. The first kappa shape index (κ1) is 9.21. The van der Waals surface area contributed by atoms with E-state index in [2.05, 4.69) is 24.2 Å². The molecule has 0 bridgehead atoms. The van der Waals surface area contributed by atoms with Gasteiger partial charge >= 0.3 is 0 Å². The minimum atomic E-state index is 0.500. The molecule has 0 aliphatic rings. The van der Waals surface area contributed by atoms with E-state index in [-0.39, 0.29) is 0 Å². The summed E-state index contributed by atoms with van der Waals surface area (Å²) in [7, 11) is 1.77. The Morgan fingerprint density at radius 1 is 1.50 bits per heavy atom. The highest BCUT2D eigenvalue weighted by Gasteiger charge is 1.85. The van der Waals surface area contributed by atoms with Crippen LogP contribution in [0, 0.1) is 0 Å². The van der Waals surface area contributed by atoms with E-state index in [1.807, 2.05) is 19.3 Å². The van der Waals surface area contributed by atoms with Gasteiger partial charge in [0.2, 0.25) is 0 Å². The van der Waals surface area contributed by atoms with Crippen molar-refractivity contribution in [2.75, 3.05) is 7.05 Å². The fourth-order valence-electron chi connectivity index (χ4n) is 0.539. The maximum absolute atomic E-state index is 3.88. The van der Waals surface area contributed by atoms with Crippen LogP contribution in [0.4, 0.5) is 0 Å². The molecular formula is C8H16N2.